The van der Waals surface area contributed by atoms with Crippen molar-refractivity contribution in [2.24, 2.45) is 7.05 Å². The van der Waals surface area contributed by atoms with Gasteiger partial charge in [0.05, 0.1) is 0 Å². The highest BCUT2D eigenvalue weighted by molar-refractivity contribution is 7.89. The number of rotatable bonds is 7. The Morgan fingerprint density at radius 1 is 1.30 bits per heavy atom. The molecule has 0 saturated heterocycles. The summed E-state index contributed by atoms with van der Waals surface area (Å²) >= 11 is 0. The van der Waals surface area contributed by atoms with Gasteiger partial charge in [-0.2, -0.15) is 0 Å². The molecule has 20 heavy (non-hydrogen) atoms. The average molecular weight is 301 g/mol. The SMILES string of the molecule is CCCN(CCC)C(=O)c1cc(S(=O)(=O)NC)cn1C. The smallest absolute Gasteiger partial charge is 0.270 e. The lowest BCUT2D eigenvalue weighted by Gasteiger charge is -2.21. The minimum absolute atomic E-state index is 0.110. The highest BCUT2D eigenvalue weighted by atomic mass is 32.2. The summed E-state index contributed by atoms with van der Waals surface area (Å²) in [5.74, 6) is -0.131. The zero-order valence-electron chi connectivity index (χ0n) is 12.5. The van der Waals surface area contributed by atoms with E-state index in [0.717, 1.165) is 12.8 Å². The van der Waals surface area contributed by atoms with Gasteiger partial charge in [-0.1, -0.05) is 13.8 Å². The van der Waals surface area contributed by atoms with E-state index >= 15 is 0 Å². The van der Waals surface area contributed by atoms with Crippen LogP contribution in [0.15, 0.2) is 17.2 Å². The molecule has 0 atom stereocenters. The number of carbonyl (C=O) groups excluding carboxylic acids is 1. The fourth-order valence-electron chi connectivity index (χ4n) is 2.03. The molecule has 0 aliphatic heterocycles. The van der Waals surface area contributed by atoms with Gasteiger partial charge in [0.25, 0.3) is 5.91 Å². The number of amides is 1. The second-order valence-corrected chi connectivity index (χ2v) is 6.56. The summed E-state index contributed by atoms with van der Waals surface area (Å²) in [6.07, 6.45) is 3.20. The van der Waals surface area contributed by atoms with Crippen LogP contribution in [-0.2, 0) is 17.1 Å². The number of carbonyl (C=O) groups is 1. The van der Waals surface area contributed by atoms with Gasteiger partial charge in [-0.15, -0.1) is 0 Å². The van der Waals surface area contributed by atoms with Crippen LogP contribution in [0.2, 0.25) is 0 Å². The van der Waals surface area contributed by atoms with Crippen molar-refractivity contribution < 1.29 is 13.2 Å². The van der Waals surface area contributed by atoms with Gasteiger partial charge in [0, 0.05) is 26.3 Å². The monoisotopic (exact) mass is 301 g/mol. The maximum absolute atomic E-state index is 12.5. The fourth-order valence-corrected chi connectivity index (χ4v) is 2.83. The van der Waals surface area contributed by atoms with Gasteiger partial charge in [-0.05, 0) is 26.0 Å². The first-order chi connectivity index (χ1) is 9.37. The number of aryl methyl sites for hydroxylation is 1. The number of hydrogen-bond donors (Lipinski definition) is 1. The molecule has 0 radical (unpaired) electrons. The van der Waals surface area contributed by atoms with Gasteiger partial charge in [0.15, 0.2) is 0 Å². The normalized spacial score (nSPS) is 11.6. The van der Waals surface area contributed by atoms with Crippen LogP contribution in [-0.4, -0.2) is 43.9 Å². The lowest BCUT2D eigenvalue weighted by Crippen LogP contribution is -2.33. The third kappa shape index (κ3) is 3.61. The predicted octanol–water partition coefficient (Wildman–Crippen LogP) is 1.20. The zero-order valence-corrected chi connectivity index (χ0v) is 13.3. The van der Waals surface area contributed by atoms with Crippen LogP contribution in [0.25, 0.3) is 0 Å². The van der Waals surface area contributed by atoms with Gasteiger partial charge in [0.2, 0.25) is 10.0 Å². The summed E-state index contributed by atoms with van der Waals surface area (Å²) in [4.78, 5) is 14.3. The predicted molar refractivity (Wildman–Crippen MR) is 78.1 cm³/mol. The van der Waals surface area contributed by atoms with Crippen LogP contribution < -0.4 is 4.72 Å². The molecule has 114 valence electrons. The van der Waals surface area contributed by atoms with Crippen molar-refractivity contribution in [1.29, 1.82) is 0 Å². The van der Waals surface area contributed by atoms with Crippen LogP contribution in [0, 0.1) is 0 Å². The molecule has 7 heteroatoms. The minimum Gasteiger partial charge on any atom is -0.345 e. The van der Waals surface area contributed by atoms with Crippen molar-refractivity contribution in [2.45, 2.75) is 31.6 Å². The van der Waals surface area contributed by atoms with Gasteiger partial charge in [0.1, 0.15) is 10.6 Å². The minimum atomic E-state index is -3.53. The Kier molecular flexibility index (Phi) is 5.76. The summed E-state index contributed by atoms with van der Waals surface area (Å²) in [7, 11) is -0.495. The van der Waals surface area contributed by atoms with Gasteiger partial charge >= 0.3 is 0 Å². The molecule has 0 aliphatic carbocycles. The molecule has 1 aromatic rings. The first kappa shape index (κ1) is 16.7. The van der Waals surface area contributed by atoms with Crippen LogP contribution >= 0.6 is 0 Å². The van der Waals surface area contributed by atoms with Gasteiger partial charge < -0.3 is 9.47 Å². The molecule has 0 fully saturated rings. The van der Waals surface area contributed by atoms with E-state index < -0.39 is 10.0 Å². The first-order valence-corrected chi connectivity index (χ1v) is 8.24. The van der Waals surface area contributed by atoms with Crippen molar-refractivity contribution in [3.63, 3.8) is 0 Å². The second-order valence-electron chi connectivity index (χ2n) is 4.67. The Morgan fingerprint density at radius 2 is 1.85 bits per heavy atom. The summed E-state index contributed by atoms with van der Waals surface area (Å²) < 4.78 is 27.3. The maximum atomic E-state index is 12.5. The quantitative estimate of drug-likeness (QED) is 0.822. The summed E-state index contributed by atoms with van der Waals surface area (Å²) in [6.45, 7) is 5.37. The summed E-state index contributed by atoms with van der Waals surface area (Å²) in [5.41, 5.74) is 0.390. The molecule has 0 unspecified atom stereocenters. The average Bonchev–Trinajstić information content (AvgIpc) is 2.80. The molecular formula is C13H23N3O3S. The number of sulfonamides is 1. The third-order valence-corrected chi connectivity index (χ3v) is 4.43. The van der Waals surface area contributed by atoms with Crippen LogP contribution in [0.3, 0.4) is 0 Å². The second kappa shape index (κ2) is 6.90. The molecule has 0 spiro atoms. The standard InChI is InChI=1S/C13H23N3O3S/c1-5-7-16(8-6-2)13(17)12-9-11(10-15(12)4)20(18,19)14-3/h9-10,14H,5-8H2,1-4H3. The Bertz CT molecular complexity index is 557. The molecule has 1 rings (SSSR count). The first-order valence-electron chi connectivity index (χ1n) is 6.76. The lowest BCUT2D eigenvalue weighted by molar-refractivity contribution is 0.0746. The molecule has 1 heterocycles. The topological polar surface area (TPSA) is 71.4 Å². The number of hydrogen-bond acceptors (Lipinski definition) is 3. The highest BCUT2D eigenvalue weighted by Gasteiger charge is 2.22. The van der Waals surface area contributed by atoms with Crippen molar-refractivity contribution in [3.05, 3.63) is 18.0 Å². The molecule has 0 aliphatic rings. The third-order valence-electron chi connectivity index (χ3n) is 3.05. The Hall–Kier alpha value is -1.34. The summed E-state index contributed by atoms with van der Waals surface area (Å²) in [6, 6.07) is 1.42. The number of aromatic nitrogens is 1. The maximum Gasteiger partial charge on any atom is 0.270 e. The largest absolute Gasteiger partial charge is 0.345 e. The van der Waals surface area contributed by atoms with E-state index in [1.165, 1.54) is 19.3 Å². The van der Waals surface area contributed by atoms with Crippen molar-refractivity contribution >= 4 is 15.9 Å². The molecule has 0 bridgehead atoms. The number of nitrogens with zero attached hydrogens (tertiary/aromatic N) is 2. The van der Waals surface area contributed by atoms with E-state index in [9.17, 15) is 13.2 Å². The van der Waals surface area contributed by atoms with Crippen molar-refractivity contribution in [1.82, 2.24) is 14.2 Å². The van der Waals surface area contributed by atoms with E-state index in [2.05, 4.69) is 4.72 Å². The molecule has 1 N–H and O–H groups in total. The van der Waals surface area contributed by atoms with Crippen molar-refractivity contribution in [2.75, 3.05) is 20.1 Å². The van der Waals surface area contributed by atoms with Gasteiger partial charge in [-0.25, -0.2) is 13.1 Å². The zero-order chi connectivity index (χ0) is 15.3. The Morgan fingerprint density at radius 3 is 2.30 bits per heavy atom. The molecule has 0 saturated carbocycles. The Labute approximate surface area is 120 Å². The molecular weight excluding hydrogens is 278 g/mol. The van der Waals surface area contributed by atoms with E-state index in [1.54, 1.807) is 16.5 Å². The van der Waals surface area contributed by atoms with E-state index in [0.29, 0.717) is 18.8 Å². The molecule has 1 aromatic heterocycles. The van der Waals surface area contributed by atoms with E-state index in [4.69, 9.17) is 0 Å². The number of nitrogens with one attached hydrogen (secondary N) is 1. The van der Waals surface area contributed by atoms with E-state index in [-0.39, 0.29) is 10.8 Å². The van der Waals surface area contributed by atoms with Crippen LogP contribution in [0.5, 0.6) is 0 Å². The van der Waals surface area contributed by atoms with Crippen LogP contribution in [0.1, 0.15) is 37.2 Å². The lowest BCUT2D eigenvalue weighted by atomic mass is 10.3. The van der Waals surface area contributed by atoms with Gasteiger partial charge in [-0.3, -0.25) is 4.79 Å². The fraction of sp³-hybridized carbons (Fsp3) is 0.615. The van der Waals surface area contributed by atoms with Crippen LogP contribution in [0.4, 0.5) is 0 Å². The molecule has 0 aromatic carbocycles. The Balaban J connectivity index is 3.10. The summed E-state index contributed by atoms with van der Waals surface area (Å²) in [5, 5.41) is 0. The molecule has 1 amide bonds. The van der Waals surface area contributed by atoms with E-state index in [1.807, 2.05) is 13.8 Å². The van der Waals surface area contributed by atoms with Crippen molar-refractivity contribution in [3.8, 4) is 0 Å². The highest BCUT2D eigenvalue weighted by Crippen LogP contribution is 2.15. The molecule has 6 nitrogen and oxygen atoms in total.